The monoisotopic (exact) mass is 233 g/mol. The van der Waals surface area contributed by atoms with Gasteiger partial charge in [-0.1, -0.05) is 0 Å². The summed E-state index contributed by atoms with van der Waals surface area (Å²) in [4.78, 5) is 13.2. The molecule has 0 aromatic heterocycles. The molecule has 0 radical (unpaired) electrons. The largest absolute Gasteiger partial charge is 0.444 e. The van der Waals surface area contributed by atoms with E-state index in [4.69, 9.17) is 9.47 Å². The highest BCUT2D eigenvalue weighted by molar-refractivity contribution is 5.69. The molecule has 0 bridgehead atoms. The summed E-state index contributed by atoms with van der Waals surface area (Å²) in [6, 6.07) is -0.213. The van der Waals surface area contributed by atoms with E-state index in [0.29, 0.717) is 13.0 Å². The lowest BCUT2D eigenvalue weighted by Crippen LogP contribution is -2.41. The second-order valence-electron chi connectivity index (χ2n) is 5.07. The third-order valence-corrected chi connectivity index (χ3v) is 2.35. The lowest BCUT2D eigenvalue weighted by molar-refractivity contribution is 0.0143. The summed E-state index contributed by atoms with van der Waals surface area (Å²) in [6.07, 6.45) is -1.12. The Morgan fingerprint density at radius 2 is 2.12 bits per heavy atom. The summed E-state index contributed by atoms with van der Waals surface area (Å²) >= 11 is 0. The number of halogens is 1. The number of likely N-dealkylation sites (tertiary alicyclic amines) is 1. The van der Waals surface area contributed by atoms with Crippen LogP contribution in [-0.4, -0.2) is 49.1 Å². The molecule has 0 aromatic rings. The van der Waals surface area contributed by atoms with Crippen LogP contribution in [0.3, 0.4) is 0 Å². The Labute approximate surface area is 95.7 Å². The lowest BCUT2D eigenvalue weighted by atomic mass is 10.2. The van der Waals surface area contributed by atoms with E-state index >= 15 is 0 Å². The maximum atomic E-state index is 13.2. The first kappa shape index (κ1) is 13.2. The van der Waals surface area contributed by atoms with Crippen molar-refractivity contribution in [2.75, 3.05) is 20.3 Å². The minimum absolute atomic E-state index is 0.100. The molecule has 1 amide bonds. The molecule has 5 heteroatoms. The Morgan fingerprint density at radius 3 is 2.62 bits per heavy atom. The fourth-order valence-electron chi connectivity index (χ4n) is 1.75. The van der Waals surface area contributed by atoms with Crippen LogP contribution in [0, 0.1) is 0 Å². The van der Waals surface area contributed by atoms with Crippen molar-refractivity contribution in [3.8, 4) is 0 Å². The Hall–Kier alpha value is -0.840. The lowest BCUT2D eigenvalue weighted by Gasteiger charge is -2.27. The summed E-state index contributed by atoms with van der Waals surface area (Å²) in [5.41, 5.74) is -0.552. The van der Waals surface area contributed by atoms with Gasteiger partial charge in [0.15, 0.2) is 0 Å². The molecular weight excluding hydrogens is 213 g/mol. The normalized spacial score (nSPS) is 25.9. The SMILES string of the molecule is COCC1CC(F)CN1C(=O)OC(C)(C)C. The molecule has 1 rings (SSSR count). The van der Waals surface area contributed by atoms with E-state index in [-0.39, 0.29) is 12.6 Å². The number of hydrogen-bond acceptors (Lipinski definition) is 3. The van der Waals surface area contributed by atoms with Crippen LogP contribution in [-0.2, 0) is 9.47 Å². The zero-order valence-electron chi connectivity index (χ0n) is 10.3. The molecule has 1 aliphatic rings. The van der Waals surface area contributed by atoms with Crippen LogP contribution < -0.4 is 0 Å². The van der Waals surface area contributed by atoms with Crippen LogP contribution in [0.5, 0.6) is 0 Å². The number of amides is 1. The van der Waals surface area contributed by atoms with E-state index < -0.39 is 17.9 Å². The van der Waals surface area contributed by atoms with Gasteiger partial charge in [-0.25, -0.2) is 9.18 Å². The van der Waals surface area contributed by atoms with Gasteiger partial charge in [-0.05, 0) is 20.8 Å². The Bertz CT molecular complexity index is 252. The quantitative estimate of drug-likeness (QED) is 0.732. The third-order valence-electron chi connectivity index (χ3n) is 2.35. The van der Waals surface area contributed by atoms with Crippen LogP contribution in [0.1, 0.15) is 27.2 Å². The molecule has 16 heavy (non-hydrogen) atoms. The Balaban J connectivity index is 2.59. The summed E-state index contributed by atoms with van der Waals surface area (Å²) in [5.74, 6) is 0. The summed E-state index contributed by atoms with van der Waals surface area (Å²) < 4.78 is 23.4. The summed E-state index contributed by atoms with van der Waals surface area (Å²) in [6.45, 7) is 5.82. The predicted octanol–water partition coefficient (Wildman–Crippen LogP) is 1.98. The maximum absolute atomic E-state index is 13.2. The van der Waals surface area contributed by atoms with Gasteiger partial charge in [-0.15, -0.1) is 0 Å². The molecular formula is C11H20FNO3. The fraction of sp³-hybridized carbons (Fsp3) is 0.909. The molecule has 94 valence electrons. The average Bonchev–Trinajstić information content (AvgIpc) is 2.44. The standard InChI is InChI=1S/C11H20FNO3/c1-11(2,3)16-10(14)13-6-8(12)5-9(13)7-15-4/h8-9H,5-7H2,1-4H3. The first-order valence-corrected chi connectivity index (χ1v) is 5.46. The van der Waals surface area contributed by atoms with Crippen molar-refractivity contribution in [1.29, 1.82) is 0 Å². The fourth-order valence-corrected chi connectivity index (χ4v) is 1.75. The van der Waals surface area contributed by atoms with Gasteiger partial charge in [0.05, 0.1) is 19.2 Å². The van der Waals surface area contributed by atoms with Crippen LogP contribution in [0.4, 0.5) is 9.18 Å². The highest BCUT2D eigenvalue weighted by Crippen LogP contribution is 2.23. The van der Waals surface area contributed by atoms with Crippen LogP contribution >= 0.6 is 0 Å². The van der Waals surface area contributed by atoms with Crippen LogP contribution in [0.2, 0.25) is 0 Å². The molecule has 0 aliphatic carbocycles. The number of carbonyl (C=O) groups is 1. The summed E-state index contributed by atoms with van der Waals surface area (Å²) in [7, 11) is 1.54. The number of methoxy groups -OCH3 is 1. The first-order chi connectivity index (χ1) is 7.33. The number of alkyl halides is 1. The Kier molecular flexibility index (Phi) is 4.13. The minimum atomic E-state index is -0.979. The zero-order chi connectivity index (χ0) is 12.3. The third kappa shape index (κ3) is 3.63. The number of carbonyl (C=O) groups excluding carboxylic acids is 1. The predicted molar refractivity (Wildman–Crippen MR) is 58.1 cm³/mol. The number of ether oxygens (including phenoxy) is 2. The van der Waals surface area contributed by atoms with E-state index in [1.807, 2.05) is 0 Å². The zero-order valence-corrected chi connectivity index (χ0v) is 10.3. The molecule has 0 N–H and O–H groups in total. The van der Waals surface area contributed by atoms with Crippen molar-refractivity contribution < 1.29 is 18.7 Å². The maximum Gasteiger partial charge on any atom is 0.410 e. The molecule has 2 unspecified atom stereocenters. The van der Waals surface area contributed by atoms with E-state index in [0.717, 1.165) is 0 Å². The van der Waals surface area contributed by atoms with Crippen molar-refractivity contribution in [2.24, 2.45) is 0 Å². The molecule has 0 spiro atoms. The molecule has 2 atom stereocenters. The first-order valence-electron chi connectivity index (χ1n) is 5.46. The van der Waals surface area contributed by atoms with Gasteiger partial charge in [0, 0.05) is 13.5 Å². The molecule has 1 aliphatic heterocycles. The second kappa shape index (κ2) is 4.99. The van der Waals surface area contributed by atoms with Gasteiger partial charge in [0.2, 0.25) is 0 Å². The van der Waals surface area contributed by atoms with Crippen LogP contribution in [0.15, 0.2) is 0 Å². The topological polar surface area (TPSA) is 38.8 Å². The van der Waals surface area contributed by atoms with E-state index in [9.17, 15) is 9.18 Å². The van der Waals surface area contributed by atoms with Crippen molar-refractivity contribution in [1.82, 2.24) is 4.90 Å². The van der Waals surface area contributed by atoms with E-state index in [2.05, 4.69) is 0 Å². The van der Waals surface area contributed by atoms with Crippen molar-refractivity contribution in [2.45, 2.75) is 45.0 Å². The van der Waals surface area contributed by atoms with Gasteiger partial charge in [-0.2, -0.15) is 0 Å². The van der Waals surface area contributed by atoms with E-state index in [1.165, 1.54) is 4.90 Å². The van der Waals surface area contributed by atoms with Crippen LogP contribution in [0.25, 0.3) is 0 Å². The Morgan fingerprint density at radius 1 is 1.50 bits per heavy atom. The smallest absolute Gasteiger partial charge is 0.410 e. The van der Waals surface area contributed by atoms with Crippen molar-refractivity contribution >= 4 is 6.09 Å². The molecule has 1 fully saturated rings. The second-order valence-corrected chi connectivity index (χ2v) is 5.07. The number of rotatable bonds is 2. The molecule has 0 aromatic carbocycles. The highest BCUT2D eigenvalue weighted by Gasteiger charge is 2.37. The van der Waals surface area contributed by atoms with Gasteiger partial charge in [0.1, 0.15) is 11.8 Å². The van der Waals surface area contributed by atoms with Crippen molar-refractivity contribution in [3.63, 3.8) is 0 Å². The van der Waals surface area contributed by atoms with Gasteiger partial charge < -0.3 is 9.47 Å². The van der Waals surface area contributed by atoms with Crippen molar-refractivity contribution in [3.05, 3.63) is 0 Å². The summed E-state index contributed by atoms with van der Waals surface area (Å²) in [5, 5.41) is 0. The molecule has 1 heterocycles. The average molecular weight is 233 g/mol. The minimum Gasteiger partial charge on any atom is -0.444 e. The number of nitrogens with zero attached hydrogens (tertiary/aromatic N) is 1. The molecule has 1 saturated heterocycles. The highest BCUT2D eigenvalue weighted by atomic mass is 19.1. The van der Waals surface area contributed by atoms with Gasteiger partial charge >= 0.3 is 6.09 Å². The van der Waals surface area contributed by atoms with Gasteiger partial charge in [0.25, 0.3) is 0 Å². The molecule has 4 nitrogen and oxygen atoms in total. The molecule has 0 saturated carbocycles. The van der Waals surface area contributed by atoms with Gasteiger partial charge in [-0.3, -0.25) is 4.90 Å². The number of hydrogen-bond donors (Lipinski definition) is 0. The van der Waals surface area contributed by atoms with E-state index in [1.54, 1.807) is 27.9 Å².